The third-order valence-corrected chi connectivity index (χ3v) is 2.47. The summed E-state index contributed by atoms with van der Waals surface area (Å²) in [6.07, 6.45) is -2.19. The zero-order valence-electron chi connectivity index (χ0n) is 9.02. The normalized spacial score (nSPS) is 11.6. The third kappa shape index (κ3) is 2.68. The summed E-state index contributed by atoms with van der Waals surface area (Å²) in [5.74, 6) is -1.32. The first-order chi connectivity index (χ1) is 8.79. The summed E-state index contributed by atoms with van der Waals surface area (Å²) in [6, 6.07) is 1.08. The highest BCUT2D eigenvalue weighted by Crippen LogP contribution is 2.29. The maximum Gasteiger partial charge on any atom is 0.419 e. The largest absolute Gasteiger partial charge is 0.478 e. The van der Waals surface area contributed by atoms with Crippen LogP contribution in [0.1, 0.15) is 15.9 Å². The molecule has 1 N–H and O–H groups in total. The Morgan fingerprint density at radius 1 is 1.37 bits per heavy atom. The smallest absolute Gasteiger partial charge is 0.419 e. The van der Waals surface area contributed by atoms with E-state index in [1.807, 2.05) is 0 Å². The van der Waals surface area contributed by atoms with Crippen molar-refractivity contribution in [2.24, 2.45) is 0 Å². The minimum absolute atomic E-state index is 0.0813. The van der Waals surface area contributed by atoms with E-state index < -0.39 is 17.7 Å². The molecule has 0 unspecified atom stereocenters. The van der Waals surface area contributed by atoms with Gasteiger partial charge in [-0.15, -0.1) is 0 Å². The van der Waals surface area contributed by atoms with Crippen molar-refractivity contribution in [3.63, 3.8) is 0 Å². The van der Waals surface area contributed by atoms with E-state index in [9.17, 15) is 18.0 Å². The molecule has 0 atom stereocenters. The fourth-order valence-corrected chi connectivity index (χ4v) is 1.55. The average Bonchev–Trinajstić information content (AvgIpc) is 2.77. The number of nitrogens with zero attached hydrogens (tertiary/aromatic N) is 3. The Morgan fingerprint density at radius 2 is 2.05 bits per heavy atom. The van der Waals surface area contributed by atoms with Gasteiger partial charge in [-0.3, -0.25) is 0 Å². The monoisotopic (exact) mass is 291 g/mol. The zero-order chi connectivity index (χ0) is 14.2. The van der Waals surface area contributed by atoms with E-state index in [0.29, 0.717) is 12.4 Å². The van der Waals surface area contributed by atoms with E-state index in [1.165, 1.54) is 0 Å². The fraction of sp³-hybridized carbons (Fsp3) is 0.100. The van der Waals surface area contributed by atoms with Gasteiger partial charge in [0.1, 0.15) is 0 Å². The van der Waals surface area contributed by atoms with Crippen LogP contribution >= 0.6 is 11.6 Å². The molecule has 0 aliphatic carbocycles. The first-order valence-electron chi connectivity index (χ1n) is 4.80. The fourth-order valence-electron chi connectivity index (χ4n) is 1.30. The van der Waals surface area contributed by atoms with E-state index in [1.54, 1.807) is 0 Å². The molecule has 0 amide bonds. The van der Waals surface area contributed by atoms with Crippen molar-refractivity contribution in [3.8, 4) is 5.82 Å². The molecule has 0 aromatic carbocycles. The predicted octanol–water partition coefficient (Wildman–Crippen LogP) is 2.64. The van der Waals surface area contributed by atoms with Crippen LogP contribution in [0.15, 0.2) is 24.7 Å². The Morgan fingerprint density at radius 3 is 2.53 bits per heavy atom. The molecular weight excluding hydrogens is 287 g/mol. The quantitative estimate of drug-likeness (QED) is 0.923. The van der Waals surface area contributed by atoms with E-state index in [-0.39, 0.29) is 16.4 Å². The lowest BCUT2D eigenvalue weighted by molar-refractivity contribution is -0.137. The van der Waals surface area contributed by atoms with E-state index in [0.717, 1.165) is 16.9 Å². The molecule has 0 bridgehead atoms. The number of halogens is 4. The second-order valence-electron chi connectivity index (χ2n) is 3.51. The first-order valence-corrected chi connectivity index (χ1v) is 5.18. The van der Waals surface area contributed by atoms with Gasteiger partial charge in [0.05, 0.1) is 22.3 Å². The number of hydrogen-bond acceptors (Lipinski definition) is 3. The number of aromatic nitrogens is 3. The summed E-state index contributed by atoms with van der Waals surface area (Å²) in [5, 5.41) is 12.1. The number of alkyl halides is 3. The molecule has 0 spiro atoms. The van der Waals surface area contributed by atoms with Crippen LogP contribution in [0.2, 0.25) is 5.02 Å². The van der Waals surface area contributed by atoms with Crippen molar-refractivity contribution in [2.75, 3.05) is 0 Å². The molecule has 2 aromatic rings. The Labute approximate surface area is 109 Å². The van der Waals surface area contributed by atoms with Crippen LogP contribution < -0.4 is 0 Å². The van der Waals surface area contributed by atoms with Gasteiger partial charge in [0, 0.05) is 12.4 Å². The standard InChI is InChI=1S/C10H5ClF3N3O2/c11-7-1-5(9(18)19)2-15-8(7)17-4-6(3-16-17)10(12,13)14/h1-4H,(H,18,19). The lowest BCUT2D eigenvalue weighted by atomic mass is 10.3. The lowest BCUT2D eigenvalue weighted by Crippen LogP contribution is -2.05. The number of carboxylic acid groups (broad SMARTS) is 1. The van der Waals surface area contributed by atoms with Crippen LogP contribution in [0, 0.1) is 0 Å². The Balaban J connectivity index is 2.43. The molecule has 0 saturated carbocycles. The van der Waals surface area contributed by atoms with Crippen molar-refractivity contribution in [1.29, 1.82) is 0 Å². The van der Waals surface area contributed by atoms with Crippen molar-refractivity contribution >= 4 is 17.6 Å². The summed E-state index contributed by atoms with van der Waals surface area (Å²) in [7, 11) is 0. The van der Waals surface area contributed by atoms with Gasteiger partial charge < -0.3 is 5.11 Å². The molecule has 2 aromatic heterocycles. The van der Waals surface area contributed by atoms with Crippen molar-refractivity contribution < 1.29 is 23.1 Å². The molecule has 5 nitrogen and oxygen atoms in total. The molecule has 0 saturated heterocycles. The van der Waals surface area contributed by atoms with Crippen molar-refractivity contribution in [3.05, 3.63) is 40.8 Å². The molecule has 100 valence electrons. The van der Waals surface area contributed by atoms with Crippen LogP contribution in [0.3, 0.4) is 0 Å². The number of hydrogen-bond donors (Lipinski definition) is 1. The number of rotatable bonds is 2. The number of pyridine rings is 1. The molecular formula is C10H5ClF3N3O2. The Kier molecular flexibility index (Phi) is 3.19. The summed E-state index contributed by atoms with van der Waals surface area (Å²) >= 11 is 5.76. The maximum atomic E-state index is 12.4. The zero-order valence-corrected chi connectivity index (χ0v) is 9.77. The van der Waals surface area contributed by atoms with E-state index >= 15 is 0 Å². The van der Waals surface area contributed by atoms with Crippen molar-refractivity contribution in [1.82, 2.24) is 14.8 Å². The van der Waals surface area contributed by atoms with Gasteiger partial charge >= 0.3 is 12.1 Å². The molecule has 0 aliphatic heterocycles. The SMILES string of the molecule is O=C(O)c1cnc(-n2cc(C(F)(F)F)cn2)c(Cl)c1. The van der Waals surface area contributed by atoms with Crippen molar-refractivity contribution in [2.45, 2.75) is 6.18 Å². The van der Waals surface area contributed by atoms with Crippen LogP contribution in [-0.2, 0) is 6.18 Å². The number of aromatic carboxylic acids is 1. The van der Waals surface area contributed by atoms with Gasteiger partial charge in [-0.05, 0) is 6.07 Å². The van der Waals surface area contributed by atoms with Crippen LogP contribution in [0.25, 0.3) is 5.82 Å². The van der Waals surface area contributed by atoms with E-state index in [2.05, 4.69) is 10.1 Å². The summed E-state index contributed by atoms with van der Waals surface area (Å²) in [6.45, 7) is 0. The third-order valence-electron chi connectivity index (χ3n) is 2.20. The lowest BCUT2D eigenvalue weighted by Gasteiger charge is -2.04. The molecule has 2 rings (SSSR count). The number of carboxylic acids is 1. The topological polar surface area (TPSA) is 68.0 Å². The highest BCUT2D eigenvalue weighted by Gasteiger charge is 2.32. The van der Waals surface area contributed by atoms with Crippen LogP contribution in [0.4, 0.5) is 13.2 Å². The molecule has 2 heterocycles. The molecule has 0 aliphatic rings. The second kappa shape index (κ2) is 4.54. The van der Waals surface area contributed by atoms with Gasteiger partial charge in [0.15, 0.2) is 5.82 Å². The van der Waals surface area contributed by atoms with E-state index in [4.69, 9.17) is 16.7 Å². The first kappa shape index (κ1) is 13.3. The number of carbonyl (C=O) groups is 1. The Bertz CT molecular complexity index is 639. The van der Waals surface area contributed by atoms with Gasteiger partial charge in [-0.2, -0.15) is 18.3 Å². The van der Waals surface area contributed by atoms with Gasteiger partial charge in [0.25, 0.3) is 0 Å². The molecule has 0 radical (unpaired) electrons. The van der Waals surface area contributed by atoms with Gasteiger partial charge in [-0.25, -0.2) is 14.5 Å². The second-order valence-corrected chi connectivity index (χ2v) is 3.91. The highest BCUT2D eigenvalue weighted by molar-refractivity contribution is 6.32. The Hall–Kier alpha value is -2.09. The van der Waals surface area contributed by atoms with Gasteiger partial charge in [-0.1, -0.05) is 11.6 Å². The summed E-state index contributed by atoms with van der Waals surface area (Å²) in [5.41, 5.74) is -1.12. The molecule has 9 heteroatoms. The highest BCUT2D eigenvalue weighted by atomic mass is 35.5. The molecule has 0 fully saturated rings. The summed E-state index contributed by atoms with van der Waals surface area (Å²) in [4.78, 5) is 14.4. The van der Waals surface area contributed by atoms with Gasteiger partial charge in [0.2, 0.25) is 0 Å². The van der Waals surface area contributed by atoms with Crippen LogP contribution in [-0.4, -0.2) is 25.8 Å². The minimum atomic E-state index is -4.52. The minimum Gasteiger partial charge on any atom is -0.478 e. The maximum absolute atomic E-state index is 12.4. The van der Waals surface area contributed by atoms with Crippen LogP contribution in [0.5, 0.6) is 0 Å². The molecule has 19 heavy (non-hydrogen) atoms. The predicted molar refractivity (Wildman–Crippen MR) is 58.3 cm³/mol. The summed E-state index contributed by atoms with van der Waals surface area (Å²) < 4.78 is 38.0. The average molecular weight is 292 g/mol.